The summed E-state index contributed by atoms with van der Waals surface area (Å²) in [6.45, 7) is 2.54. The smallest absolute Gasteiger partial charge is 0.137 e. The van der Waals surface area contributed by atoms with Crippen LogP contribution in [0.1, 0.15) is 6.92 Å². The van der Waals surface area contributed by atoms with Crippen LogP contribution in [-0.4, -0.2) is 6.61 Å². The lowest BCUT2D eigenvalue weighted by Gasteiger charge is -2.04. The lowest BCUT2D eigenvalue weighted by atomic mass is 10.3. The van der Waals surface area contributed by atoms with Crippen molar-refractivity contribution in [2.75, 3.05) is 6.61 Å². The average Bonchev–Trinajstić information content (AvgIpc) is 2.03. The fraction of sp³-hybridized carbons (Fsp3) is 0.222. The Morgan fingerprint density at radius 2 is 2.18 bits per heavy atom. The van der Waals surface area contributed by atoms with E-state index >= 15 is 0 Å². The second-order valence-corrected chi connectivity index (χ2v) is 2.56. The van der Waals surface area contributed by atoms with E-state index in [-0.39, 0.29) is 0 Å². The predicted octanol–water partition coefficient (Wildman–Crippen LogP) is 2.94. The number of rotatable bonds is 3. The van der Waals surface area contributed by atoms with Crippen LogP contribution in [0.25, 0.3) is 0 Å². The monoisotopic (exact) mass is 169 g/mol. The van der Waals surface area contributed by atoms with Crippen molar-refractivity contribution < 1.29 is 4.74 Å². The summed E-state index contributed by atoms with van der Waals surface area (Å²) < 4.78 is 5.30. The van der Waals surface area contributed by atoms with Gasteiger partial charge in [0.05, 0.1) is 11.6 Å². The zero-order valence-corrected chi connectivity index (χ0v) is 7.14. The van der Waals surface area contributed by atoms with Gasteiger partial charge in [0.15, 0.2) is 0 Å². The number of para-hydroxylation sites is 1. The van der Waals surface area contributed by atoms with Crippen LogP contribution in [0.4, 0.5) is 0 Å². The van der Waals surface area contributed by atoms with E-state index in [0.29, 0.717) is 11.6 Å². The first-order valence-corrected chi connectivity index (χ1v) is 3.87. The van der Waals surface area contributed by atoms with Gasteiger partial charge in [-0.1, -0.05) is 30.7 Å². The minimum Gasteiger partial charge on any atom is -0.492 e. The van der Waals surface area contributed by atoms with E-state index in [2.05, 4.69) is 0 Å². The van der Waals surface area contributed by atoms with Gasteiger partial charge in [-0.15, -0.1) is 0 Å². The molecule has 0 saturated carbocycles. The molecule has 0 fully saturated rings. The van der Waals surface area contributed by atoms with Gasteiger partial charge < -0.3 is 4.74 Å². The molecule has 1 nitrogen and oxygen atoms in total. The van der Waals surface area contributed by atoms with Gasteiger partial charge in [-0.3, -0.25) is 0 Å². The molecular weight excluding hydrogens is 160 g/mol. The lowest BCUT2D eigenvalue weighted by Crippen LogP contribution is -1.95. The molecule has 0 aliphatic heterocycles. The third kappa shape index (κ3) is 2.43. The maximum Gasteiger partial charge on any atom is 0.137 e. The summed E-state index contributed by atoms with van der Waals surface area (Å²) in [5.41, 5.74) is 0. The van der Waals surface area contributed by atoms with Crippen LogP contribution < -0.4 is 4.74 Å². The zero-order chi connectivity index (χ0) is 8.10. The number of hydrogen-bond donors (Lipinski definition) is 0. The Morgan fingerprint density at radius 3 is 2.82 bits per heavy atom. The summed E-state index contributed by atoms with van der Waals surface area (Å²) in [7, 11) is 0. The van der Waals surface area contributed by atoms with Crippen molar-refractivity contribution in [1.82, 2.24) is 0 Å². The number of ether oxygens (including phenoxy) is 1. The first-order valence-electron chi connectivity index (χ1n) is 3.49. The molecule has 0 atom stereocenters. The Bertz CT molecular complexity index is 223. The van der Waals surface area contributed by atoms with Gasteiger partial charge in [-0.05, 0) is 18.6 Å². The summed E-state index contributed by atoms with van der Waals surface area (Å²) in [4.78, 5) is 0. The minimum atomic E-state index is 0.601. The average molecular weight is 170 g/mol. The molecule has 1 radical (unpaired) electrons. The van der Waals surface area contributed by atoms with Crippen LogP contribution in [0.15, 0.2) is 24.3 Å². The Kier molecular flexibility index (Phi) is 3.24. The first-order chi connectivity index (χ1) is 5.34. The Labute approximate surface area is 71.9 Å². The molecule has 11 heavy (non-hydrogen) atoms. The van der Waals surface area contributed by atoms with Gasteiger partial charge >= 0.3 is 0 Å². The van der Waals surface area contributed by atoms with Crippen LogP contribution >= 0.6 is 11.6 Å². The SMILES string of the molecule is C[CH]COc1ccccc1Cl. The maximum absolute atomic E-state index is 5.82. The van der Waals surface area contributed by atoms with Crippen LogP contribution in [0.5, 0.6) is 5.75 Å². The molecule has 0 aliphatic rings. The lowest BCUT2D eigenvalue weighted by molar-refractivity contribution is 0.350. The van der Waals surface area contributed by atoms with E-state index < -0.39 is 0 Å². The second kappa shape index (κ2) is 4.24. The first kappa shape index (κ1) is 8.41. The van der Waals surface area contributed by atoms with Crippen molar-refractivity contribution in [3.63, 3.8) is 0 Å². The summed E-state index contributed by atoms with van der Waals surface area (Å²) in [6, 6.07) is 7.44. The van der Waals surface area contributed by atoms with E-state index in [1.54, 1.807) is 0 Å². The summed E-state index contributed by atoms with van der Waals surface area (Å²) >= 11 is 5.82. The van der Waals surface area contributed by atoms with Crippen LogP contribution in [0, 0.1) is 6.42 Å². The van der Waals surface area contributed by atoms with Crippen molar-refractivity contribution >= 4 is 11.6 Å². The quantitative estimate of drug-likeness (QED) is 0.676. The largest absolute Gasteiger partial charge is 0.492 e. The number of benzene rings is 1. The molecule has 0 amide bonds. The van der Waals surface area contributed by atoms with Crippen LogP contribution in [0.3, 0.4) is 0 Å². The van der Waals surface area contributed by atoms with Crippen molar-refractivity contribution in [2.24, 2.45) is 0 Å². The third-order valence-corrected chi connectivity index (χ3v) is 1.55. The third-order valence-electron chi connectivity index (χ3n) is 1.24. The summed E-state index contributed by atoms with van der Waals surface area (Å²) in [5, 5.41) is 0.661. The van der Waals surface area contributed by atoms with Gasteiger partial charge in [0.2, 0.25) is 0 Å². The molecule has 0 N–H and O–H groups in total. The van der Waals surface area contributed by atoms with Crippen molar-refractivity contribution in [1.29, 1.82) is 0 Å². The molecular formula is C9H10ClO. The van der Waals surface area contributed by atoms with E-state index in [9.17, 15) is 0 Å². The van der Waals surface area contributed by atoms with E-state index in [0.717, 1.165) is 5.75 Å². The van der Waals surface area contributed by atoms with Gasteiger partial charge in [0.25, 0.3) is 0 Å². The molecule has 0 aliphatic carbocycles. The summed E-state index contributed by atoms with van der Waals surface area (Å²) in [6.07, 6.45) is 1.93. The molecule has 1 aromatic carbocycles. The molecule has 0 saturated heterocycles. The molecule has 0 heterocycles. The molecule has 0 spiro atoms. The van der Waals surface area contributed by atoms with Crippen LogP contribution in [0.2, 0.25) is 5.02 Å². The highest BCUT2D eigenvalue weighted by Crippen LogP contribution is 2.22. The van der Waals surface area contributed by atoms with Crippen molar-refractivity contribution in [3.8, 4) is 5.75 Å². The van der Waals surface area contributed by atoms with Gasteiger partial charge in [-0.2, -0.15) is 0 Å². The van der Waals surface area contributed by atoms with Gasteiger partial charge in [0.1, 0.15) is 5.75 Å². The van der Waals surface area contributed by atoms with E-state index in [1.165, 1.54) is 0 Å². The normalized spacial score (nSPS) is 9.64. The van der Waals surface area contributed by atoms with Gasteiger partial charge in [-0.25, -0.2) is 0 Å². The Morgan fingerprint density at radius 1 is 1.45 bits per heavy atom. The zero-order valence-electron chi connectivity index (χ0n) is 6.38. The Hall–Kier alpha value is -0.690. The highest BCUT2D eigenvalue weighted by Gasteiger charge is 1.96. The Balaban J connectivity index is 2.62. The van der Waals surface area contributed by atoms with Gasteiger partial charge in [0, 0.05) is 0 Å². The highest BCUT2D eigenvalue weighted by molar-refractivity contribution is 6.32. The van der Waals surface area contributed by atoms with Crippen molar-refractivity contribution in [2.45, 2.75) is 6.92 Å². The maximum atomic E-state index is 5.82. The molecule has 0 aromatic heterocycles. The summed E-state index contributed by atoms with van der Waals surface area (Å²) in [5.74, 6) is 0.743. The fourth-order valence-corrected chi connectivity index (χ4v) is 0.925. The molecule has 59 valence electrons. The molecule has 0 bridgehead atoms. The standard InChI is InChI=1S/C9H10ClO/c1-2-7-11-9-6-4-3-5-8(9)10/h2-6H,7H2,1H3. The predicted molar refractivity (Wildman–Crippen MR) is 46.9 cm³/mol. The second-order valence-electron chi connectivity index (χ2n) is 2.15. The molecule has 1 rings (SSSR count). The van der Waals surface area contributed by atoms with Crippen LogP contribution in [-0.2, 0) is 0 Å². The van der Waals surface area contributed by atoms with Crippen molar-refractivity contribution in [3.05, 3.63) is 35.7 Å². The topological polar surface area (TPSA) is 9.23 Å². The molecule has 1 aromatic rings. The van der Waals surface area contributed by atoms with E-state index in [1.807, 2.05) is 37.6 Å². The molecule has 0 unspecified atom stereocenters. The highest BCUT2D eigenvalue weighted by atomic mass is 35.5. The fourth-order valence-electron chi connectivity index (χ4n) is 0.735. The van der Waals surface area contributed by atoms with E-state index in [4.69, 9.17) is 16.3 Å². The number of hydrogen-bond acceptors (Lipinski definition) is 1. The minimum absolute atomic E-state index is 0.601. The number of halogens is 1. The molecule has 2 heteroatoms.